The summed E-state index contributed by atoms with van der Waals surface area (Å²) >= 11 is 3.45. The first kappa shape index (κ1) is 16.2. The highest BCUT2D eigenvalue weighted by molar-refractivity contribution is 9.10. The number of amides is 1. The number of rotatable bonds is 4. The number of carbonyl (C=O) groups excluding carboxylic acids is 1. The Kier molecular flexibility index (Phi) is 5.60. The highest BCUT2D eigenvalue weighted by Gasteiger charge is 2.23. The Morgan fingerprint density at radius 1 is 1.37 bits per heavy atom. The standard InChI is InChI=1S/C16H24BrNO/c1-12(16(2,3)4)9-15(19)18(5)11-13-7-6-8-14(17)10-13/h6-8,10,12H,9,11H2,1-5H3. The summed E-state index contributed by atoms with van der Waals surface area (Å²) < 4.78 is 1.05. The van der Waals surface area contributed by atoms with Crippen molar-refractivity contribution in [2.75, 3.05) is 7.05 Å². The van der Waals surface area contributed by atoms with E-state index in [1.54, 1.807) is 0 Å². The van der Waals surface area contributed by atoms with Crippen molar-refractivity contribution in [1.29, 1.82) is 0 Å². The van der Waals surface area contributed by atoms with Gasteiger partial charge in [0.1, 0.15) is 0 Å². The molecule has 1 aromatic carbocycles. The van der Waals surface area contributed by atoms with Gasteiger partial charge in [0.05, 0.1) is 0 Å². The maximum atomic E-state index is 12.2. The lowest BCUT2D eigenvalue weighted by atomic mass is 9.80. The van der Waals surface area contributed by atoms with Gasteiger partial charge in [0, 0.05) is 24.5 Å². The van der Waals surface area contributed by atoms with Gasteiger partial charge in [-0.2, -0.15) is 0 Å². The summed E-state index contributed by atoms with van der Waals surface area (Å²) in [5, 5.41) is 0. The van der Waals surface area contributed by atoms with Crippen LogP contribution < -0.4 is 0 Å². The van der Waals surface area contributed by atoms with Gasteiger partial charge in [-0.05, 0) is 29.0 Å². The van der Waals surface area contributed by atoms with E-state index in [-0.39, 0.29) is 11.3 Å². The molecule has 0 spiro atoms. The van der Waals surface area contributed by atoms with E-state index in [9.17, 15) is 4.79 Å². The molecule has 0 saturated carbocycles. The minimum Gasteiger partial charge on any atom is -0.341 e. The highest BCUT2D eigenvalue weighted by atomic mass is 79.9. The van der Waals surface area contributed by atoms with Gasteiger partial charge in [-0.3, -0.25) is 4.79 Å². The fourth-order valence-corrected chi connectivity index (χ4v) is 2.17. The van der Waals surface area contributed by atoms with Crippen LogP contribution in [-0.4, -0.2) is 17.9 Å². The SMILES string of the molecule is CC(CC(=O)N(C)Cc1cccc(Br)c1)C(C)(C)C. The third-order valence-electron chi connectivity index (χ3n) is 3.69. The molecule has 0 bridgehead atoms. The van der Waals surface area contributed by atoms with Crippen LogP contribution in [0.1, 0.15) is 39.7 Å². The number of nitrogens with zero attached hydrogens (tertiary/aromatic N) is 1. The molecule has 0 aliphatic carbocycles. The van der Waals surface area contributed by atoms with Crippen LogP contribution in [0.2, 0.25) is 0 Å². The predicted molar refractivity (Wildman–Crippen MR) is 83.9 cm³/mol. The van der Waals surface area contributed by atoms with Crippen LogP contribution in [0.15, 0.2) is 28.7 Å². The molecule has 2 nitrogen and oxygen atoms in total. The Hall–Kier alpha value is -0.830. The van der Waals surface area contributed by atoms with E-state index < -0.39 is 0 Å². The smallest absolute Gasteiger partial charge is 0.222 e. The van der Waals surface area contributed by atoms with E-state index >= 15 is 0 Å². The van der Waals surface area contributed by atoms with Crippen LogP contribution in [0, 0.1) is 11.3 Å². The zero-order chi connectivity index (χ0) is 14.6. The van der Waals surface area contributed by atoms with Gasteiger partial charge < -0.3 is 4.90 Å². The van der Waals surface area contributed by atoms with Gasteiger partial charge in [-0.15, -0.1) is 0 Å². The van der Waals surface area contributed by atoms with Crippen LogP contribution in [0.25, 0.3) is 0 Å². The molecule has 3 heteroatoms. The minimum atomic E-state index is 0.173. The third kappa shape index (κ3) is 5.35. The van der Waals surface area contributed by atoms with E-state index in [0.29, 0.717) is 18.9 Å². The van der Waals surface area contributed by atoms with Gasteiger partial charge >= 0.3 is 0 Å². The molecule has 1 amide bonds. The molecule has 1 atom stereocenters. The Morgan fingerprint density at radius 3 is 2.53 bits per heavy atom. The van der Waals surface area contributed by atoms with Crippen LogP contribution in [0.4, 0.5) is 0 Å². The number of halogens is 1. The Bertz CT molecular complexity index is 437. The van der Waals surface area contributed by atoms with E-state index in [1.807, 2.05) is 30.1 Å². The van der Waals surface area contributed by atoms with Crippen molar-refractivity contribution in [3.63, 3.8) is 0 Å². The number of benzene rings is 1. The maximum Gasteiger partial charge on any atom is 0.222 e. The predicted octanol–water partition coefficient (Wildman–Crippen LogP) is 4.48. The Balaban J connectivity index is 2.58. The quantitative estimate of drug-likeness (QED) is 0.799. The molecule has 0 aliphatic rings. The monoisotopic (exact) mass is 325 g/mol. The minimum absolute atomic E-state index is 0.173. The lowest BCUT2D eigenvalue weighted by Gasteiger charge is -2.28. The molecule has 0 fully saturated rings. The fourth-order valence-electron chi connectivity index (χ4n) is 1.72. The summed E-state index contributed by atoms with van der Waals surface area (Å²) in [6, 6.07) is 8.08. The number of carbonyl (C=O) groups is 1. The van der Waals surface area contributed by atoms with Crippen molar-refractivity contribution in [2.24, 2.45) is 11.3 Å². The van der Waals surface area contributed by atoms with Crippen molar-refractivity contribution in [3.8, 4) is 0 Å². The third-order valence-corrected chi connectivity index (χ3v) is 4.19. The molecular formula is C16H24BrNO. The number of hydrogen-bond acceptors (Lipinski definition) is 1. The van der Waals surface area contributed by atoms with Gasteiger partial charge in [0.25, 0.3) is 0 Å². The van der Waals surface area contributed by atoms with E-state index in [0.717, 1.165) is 10.0 Å². The van der Waals surface area contributed by atoms with E-state index in [4.69, 9.17) is 0 Å². The first-order valence-electron chi connectivity index (χ1n) is 6.68. The lowest BCUT2D eigenvalue weighted by molar-refractivity contribution is -0.132. The molecule has 0 radical (unpaired) electrons. The van der Waals surface area contributed by atoms with Crippen molar-refractivity contribution in [2.45, 2.75) is 40.7 Å². The van der Waals surface area contributed by atoms with Gasteiger partial charge in [-0.25, -0.2) is 0 Å². The van der Waals surface area contributed by atoms with Crippen molar-refractivity contribution < 1.29 is 4.79 Å². The Labute approximate surface area is 125 Å². The summed E-state index contributed by atoms with van der Waals surface area (Å²) in [7, 11) is 1.87. The molecule has 0 heterocycles. The van der Waals surface area contributed by atoms with Gasteiger partial charge in [0.15, 0.2) is 0 Å². The molecular weight excluding hydrogens is 302 g/mol. The highest BCUT2D eigenvalue weighted by Crippen LogP contribution is 2.28. The summed E-state index contributed by atoms with van der Waals surface area (Å²) in [6.45, 7) is 9.34. The molecule has 1 unspecified atom stereocenters. The zero-order valence-electron chi connectivity index (χ0n) is 12.5. The molecule has 0 N–H and O–H groups in total. The summed E-state index contributed by atoms with van der Waals surface area (Å²) in [5.74, 6) is 0.590. The molecule has 0 aromatic heterocycles. The van der Waals surface area contributed by atoms with Crippen molar-refractivity contribution in [3.05, 3.63) is 34.3 Å². The van der Waals surface area contributed by atoms with Crippen molar-refractivity contribution >= 4 is 21.8 Å². The van der Waals surface area contributed by atoms with E-state index in [2.05, 4.69) is 49.7 Å². The van der Waals surface area contributed by atoms with Crippen LogP contribution in [-0.2, 0) is 11.3 Å². The van der Waals surface area contributed by atoms with Crippen molar-refractivity contribution in [1.82, 2.24) is 4.90 Å². The first-order valence-corrected chi connectivity index (χ1v) is 7.48. The molecule has 0 aliphatic heterocycles. The first-order chi connectivity index (χ1) is 8.70. The molecule has 19 heavy (non-hydrogen) atoms. The largest absolute Gasteiger partial charge is 0.341 e. The average Bonchev–Trinajstić information content (AvgIpc) is 2.27. The van der Waals surface area contributed by atoms with Crippen LogP contribution >= 0.6 is 15.9 Å². The average molecular weight is 326 g/mol. The zero-order valence-corrected chi connectivity index (χ0v) is 14.1. The van der Waals surface area contributed by atoms with Crippen LogP contribution in [0.3, 0.4) is 0 Å². The molecule has 0 saturated heterocycles. The molecule has 1 rings (SSSR count). The second kappa shape index (κ2) is 6.56. The normalized spacial score (nSPS) is 13.2. The summed E-state index contributed by atoms with van der Waals surface area (Å²) in [4.78, 5) is 14.0. The second-order valence-electron chi connectivity index (χ2n) is 6.35. The van der Waals surface area contributed by atoms with Gasteiger partial charge in [-0.1, -0.05) is 55.8 Å². The maximum absolute atomic E-state index is 12.2. The fraction of sp³-hybridized carbons (Fsp3) is 0.562. The summed E-state index contributed by atoms with van der Waals surface area (Å²) in [5.41, 5.74) is 1.32. The Morgan fingerprint density at radius 2 is 2.00 bits per heavy atom. The second-order valence-corrected chi connectivity index (χ2v) is 7.27. The number of hydrogen-bond donors (Lipinski definition) is 0. The molecule has 1 aromatic rings. The summed E-state index contributed by atoms with van der Waals surface area (Å²) in [6.07, 6.45) is 0.605. The molecule has 106 valence electrons. The lowest BCUT2D eigenvalue weighted by Crippen LogP contribution is -2.30. The van der Waals surface area contributed by atoms with E-state index in [1.165, 1.54) is 0 Å². The van der Waals surface area contributed by atoms with Gasteiger partial charge in [0.2, 0.25) is 5.91 Å². The topological polar surface area (TPSA) is 20.3 Å². The van der Waals surface area contributed by atoms with Crippen LogP contribution in [0.5, 0.6) is 0 Å².